The van der Waals surface area contributed by atoms with Gasteiger partial charge in [0, 0.05) is 17.5 Å². The van der Waals surface area contributed by atoms with E-state index in [1.807, 2.05) is 18.2 Å². The van der Waals surface area contributed by atoms with Crippen LogP contribution in [0.3, 0.4) is 0 Å². The summed E-state index contributed by atoms with van der Waals surface area (Å²) in [4.78, 5) is 14.2. The van der Waals surface area contributed by atoms with Crippen LogP contribution in [0, 0.1) is 18.3 Å². The second kappa shape index (κ2) is 4.77. The van der Waals surface area contributed by atoms with Crippen LogP contribution in [0.5, 0.6) is 0 Å². The maximum Gasteiger partial charge on any atom is 0.254 e. The Labute approximate surface area is 111 Å². The Hall–Kier alpha value is -2.28. The lowest BCUT2D eigenvalue weighted by atomic mass is 10.1. The zero-order valence-electron chi connectivity index (χ0n) is 10.6. The van der Waals surface area contributed by atoms with Gasteiger partial charge in [0.05, 0.1) is 18.3 Å². The Balaban J connectivity index is 1.85. The molecule has 0 unspecified atom stereocenters. The number of terminal acetylenes is 1. The molecule has 1 fully saturated rings. The fraction of sp³-hybridized carbons (Fsp3) is 0.333. The highest BCUT2D eigenvalue weighted by Crippen LogP contribution is 2.30. The molecule has 4 nitrogen and oxygen atoms in total. The van der Waals surface area contributed by atoms with Crippen LogP contribution < -0.4 is 0 Å². The van der Waals surface area contributed by atoms with E-state index < -0.39 is 0 Å². The lowest BCUT2D eigenvalue weighted by Crippen LogP contribution is -2.33. The van der Waals surface area contributed by atoms with Gasteiger partial charge in [-0.1, -0.05) is 12.0 Å². The summed E-state index contributed by atoms with van der Waals surface area (Å²) >= 11 is 0. The van der Waals surface area contributed by atoms with Crippen molar-refractivity contribution in [2.75, 3.05) is 13.1 Å². The van der Waals surface area contributed by atoms with Crippen molar-refractivity contribution in [3.05, 3.63) is 30.0 Å². The molecule has 0 spiro atoms. The molecule has 1 N–H and O–H groups in total. The Morgan fingerprint density at radius 1 is 1.53 bits per heavy atom. The van der Waals surface area contributed by atoms with Gasteiger partial charge in [-0.3, -0.25) is 9.89 Å². The maximum atomic E-state index is 12.5. The summed E-state index contributed by atoms with van der Waals surface area (Å²) < 4.78 is 0. The van der Waals surface area contributed by atoms with Crippen LogP contribution in [-0.2, 0) is 0 Å². The van der Waals surface area contributed by atoms with E-state index in [1.165, 1.54) is 12.8 Å². The van der Waals surface area contributed by atoms with Crippen LogP contribution in [0.15, 0.2) is 24.4 Å². The Morgan fingerprint density at radius 3 is 3.11 bits per heavy atom. The molecule has 0 radical (unpaired) electrons. The van der Waals surface area contributed by atoms with Gasteiger partial charge < -0.3 is 4.90 Å². The van der Waals surface area contributed by atoms with Crippen LogP contribution in [0.1, 0.15) is 23.2 Å². The minimum atomic E-state index is 0.00125. The van der Waals surface area contributed by atoms with E-state index in [0.717, 1.165) is 17.4 Å². The summed E-state index contributed by atoms with van der Waals surface area (Å²) in [6.07, 6.45) is 9.50. The van der Waals surface area contributed by atoms with Crippen molar-refractivity contribution in [1.29, 1.82) is 0 Å². The predicted molar refractivity (Wildman–Crippen MR) is 73.6 cm³/mol. The van der Waals surface area contributed by atoms with Gasteiger partial charge in [-0.15, -0.1) is 6.42 Å². The van der Waals surface area contributed by atoms with Crippen molar-refractivity contribution in [3.63, 3.8) is 0 Å². The van der Waals surface area contributed by atoms with Gasteiger partial charge in [-0.25, -0.2) is 0 Å². The summed E-state index contributed by atoms with van der Waals surface area (Å²) in [5.41, 5.74) is 1.53. The highest BCUT2D eigenvalue weighted by molar-refractivity contribution is 5.97. The number of H-pyrrole nitrogens is 1. The highest BCUT2D eigenvalue weighted by Gasteiger charge is 2.26. The second-order valence-corrected chi connectivity index (χ2v) is 5.01. The zero-order valence-corrected chi connectivity index (χ0v) is 10.6. The number of nitrogens with one attached hydrogen (secondary N) is 1. The van der Waals surface area contributed by atoms with Crippen LogP contribution >= 0.6 is 0 Å². The summed E-state index contributed by atoms with van der Waals surface area (Å²) in [6.45, 7) is 1.14. The van der Waals surface area contributed by atoms with Crippen LogP contribution in [0.2, 0.25) is 0 Å². The Bertz CT molecular complexity index is 649. The number of aromatic nitrogens is 2. The summed E-state index contributed by atoms with van der Waals surface area (Å²) in [6, 6.07) is 5.56. The van der Waals surface area contributed by atoms with Gasteiger partial charge in [-0.2, -0.15) is 5.10 Å². The molecule has 1 aliphatic carbocycles. The van der Waals surface area contributed by atoms with Gasteiger partial charge in [-0.05, 0) is 30.9 Å². The smallest absolute Gasteiger partial charge is 0.254 e. The molecule has 96 valence electrons. The number of rotatable bonds is 4. The summed E-state index contributed by atoms with van der Waals surface area (Å²) in [7, 11) is 0. The number of hydrogen-bond acceptors (Lipinski definition) is 2. The SMILES string of the molecule is C#CCN(CC1CC1)C(=O)c1ccc2cn[nH]c2c1. The molecule has 1 aliphatic rings. The number of carbonyl (C=O) groups excluding carboxylic acids is 1. The van der Waals surface area contributed by atoms with E-state index in [2.05, 4.69) is 16.1 Å². The molecule has 3 rings (SSSR count). The minimum Gasteiger partial charge on any atom is -0.327 e. The normalized spacial score (nSPS) is 14.3. The van der Waals surface area contributed by atoms with Crippen LogP contribution in [0.25, 0.3) is 10.9 Å². The average Bonchev–Trinajstić information content (AvgIpc) is 3.11. The molecular weight excluding hydrogens is 238 g/mol. The van der Waals surface area contributed by atoms with E-state index in [-0.39, 0.29) is 5.91 Å². The zero-order chi connectivity index (χ0) is 13.2. The molecule has 1 aromatic heterocycles. The van der Waals surface area contributed by atoms with Crippen molar-refractivity contribution in [1.82, 2.24) is 15.1 Å². The second-order valence-electron chi connectivity index (χ2n) is 5.01. The third-order valence-electron chi connectivity index (χ3n) is 3.43. The third-order valence-corrected chi connectivity index (χ3v) is 3.43. The van der Waals surface area contributed by atoms with Crippen molar-refractivity contribution >= 4 is 16.8 Å². The molecule has 0 saturated heterocycles. The molecule has 19 heavy (non-hydrogen) atoms. The van der Waals surface area contributed by atoms with Gasteiger partial charge in [0.1, 0.15) is 0 Å². The van der Waals surface area contributed by atoms with Crippen LogP contribution in [-0.4, -0.2) is 34.1 Å². The first kappa shape index (κ1) is 11.8. The first-order valence-corrected chi connectivity index (χ1v) is 6.44. The molecule has 1 heterocycles. The van der Waals surface area contributed by atoms with E-state index >= 15 is 0 Å². The van der Waals surface area contributed by atoms with E-state index in [9.17, 15) is 4.79 Å². The molecule has 2 aromatic rings. The molecule has 4 heteroatoms. The molecule has 1 amide bonds. The lowest BCUT2D eigenvalue weighted by Gasteiger charge is -2.20. The van der Waals surface area contributed by atoms with Crippen molar-refractivity contribution < 1.29 is 4.79 Å². The fourth-order valence-corrected chi connectivity index (χ4v) is 2.19. The van der Waals surface area contributed by atoms with Gasteiger partial charge in [0.25, 0.3) is 5.91 Å². The Morgan fingerprint density at radius 2 is 2.37 bits per heavy atom. The molecule has 0 atom stereocenters. The standard InChI is InChI=1S/C15H15N3O/c1-2-7-18(10-11-3-4-11)15(19)12-5-6-13-9-16-17-14(13)8-12/h1,5-6,8-9,11H,3-4,7,10H2,(H,16,17). The summed E-state index contributed by atoms with van der Waals surface area (Å²) in [5.74, 6) is 3.20. The third kappa shape index (κ3) is 2.45. The van der Waals surface area contributed by atoms with Crippen molar-refractivity contribution in [3.8, 4) is 12.3 Å². The minimum absolute atomic E-state index is 0.00125. The van der Waals surface area contributed by atoms with E-state index in [0.29, 0.717) is 18.0 Å². The quantitative estimate of drug-likeness (QED) is 0.848. The monoisotopic (exact) mass is 253 g/mol. The van der Waals surface area contributed by atoms with Crippen molar-refractivity contribution in [2.45, 2.75) is 12.8 Å². The number of benzene rings is 1. The van der Waals surface area contributed by atoms with Crippen LogP contribution in [0.4, 0.5) is 0 Å². The Kier molecular flexibility index (Phi) is 2.96. The van der Waals surface area contributed by atoms with Gasteiger partial charge in [0.2, 0.25) is 0 Å². The van der Waals surface area contributed by atoms with Crippen molar-refractivity contribution in [2.24, 2.45) is 5.92 Å². The number of nitrogens with zero attached hydrogens (tertiary/aromatic N) is 2. The predicted octanol–water partition coefficient (Wildman–Crippen LogP) is 2.05. The maximum absolute atomic E-state index is 12.5. The fourth-order valence-electron chi connectivity index (χ4n) is 2.19. The number of hydrogen-bond donors (Lipinski definition) is 1. The van der Waals surface area contributed by atoms with E-state index in [4.69, 9.17) is 6.42 Å². The first-order valence-electron chi connectivity index (χ1n) is 6.44. The molecular formula is C15H15N3O. The summed E-state index contributed by atoms with van der Waals surface area (Å²) in [5, 5.41) is 7.84. The topological polar surface area (TPSA) is 49.0 Å². The number of aromatic amines is 1. The number of amides is 1. The molecule has 1 aromatic carbocycles. The van der Waals surface area contributed by atoms with Gasteiger partial charge >= 0.3 is 0 Å². The number of carbonyl (C=O) groups is 1. The molecule has 1 saturated carbocycles. The number of fused-ring (bicyclic) bond motifs is 1. The first-order chi connectivity index (χ1) is 9.28. The molecule has 0 bridgehead atoms. The average molecular weight is 253 g/mol. The molecule has 0 aliphatic heterocycles. The highest BCUT2D eigenvalue weighted by atomic mass is 16.2. The largest absolute Gasteiger partial charge is 0.327 e. The van der Waals surface area contributed by atoms with E-state index in [1.54, 1.807) is 11.1 Å². The lowest BCUT2D eigenvalue weighted by molar-refractivity contribution is 0.0770. The van der Waals surface area contributed by atoms with Gasteiger partial charge in [0.15, 0.2) is 0 Å².